The lowest BCUT2D eigenvalue weighted by atomic mass is 10.0. The molecule has 0 N–H and O–H groups in total. The van der Waals surface area contributed by atoms with E-state index >= 15 is 0 Å². The number of unbranched alkanes of at least 4 members (excludes halogenated alkanes) is 38. The zero-order valence-corrected chi connectivity index (χ0v) is 53.1. The van der Waals surface area contributed by atoms with Crippen molar-refractivity contribution in [3.8, 4) is 0 Å². The highest BCUT2D eigenvalue weighted by atomic mass is 16.6. The van der Waals surface area contributed by atoms with Crippen molar-refractivity contribution < 1.29 is 28.6 Å². The molecule has 462 valence electrons. The van der Waals surface area contributed by atoms with Gasteiger partial charge in [-0.15, -0.1) is 0 Å². The van der Waals surface area contributed by atoms with Gasteiger partial charge >= 0.3 is 17.9 Å². The second-order valence-electron chi connectivity index (χ2n) is 23.1. The summed E-state index contributed by atoms with van der Waals surface area (Å²) in [6.45, 7) is 6.59. The van der Waals surface area contributed by atoms with E-state index in [0.29, 0.717) is 19.3 Å². The highest BCUT2D eigenvalue weighted by molar-refractivity contribution is 5.71. The Kier molecular flexibility index (Phi) is 65.2. The van der Waals surface area contributed by atoms with E-state index < -0.39 is 6.10 Å². The van der Waals surface area contributed by atoms with Crippen LogP contribution in [0.3, 0.4) is 0 Å². The Labute approximate surface area is 496 Å². The molecule has 0 fully saturated rings. The van der Waals surface area contributed by atoms with E-state index in [4.69, 9.17) is 14.2 Å². The maximum atomic E-state index is 12.9. The number of hydrogen-bond acceptors (Lipinski definition) is 6. The first-order chi connectivity index (χ1) is 39.5. The molecule has 0 aromatic heterocycles. The Morgan fingerprint density at radius 3 is 0.738 bits per heavy atom. The van der Waals surface area contributed by atoms with Crippen LogP contribution in [0.1, 0.15) is 348 Å². The molecular weight excluding hydrogens is 985 g/mol. The Morgan fingerprint density at radius 1 is 0.250 bits per heavy atom. The predicted octanol–water partition coefficient (Wildman–Crippen LogP) is 23.8. The quantitative estimate of drug-likeness (QED) is 0.0261. The summed E-state index contributed by atoms with van der Waals surface area (Å²) in [4.78, 5) is 38.3. The fourth-order valence-corrected chi connectivity index (χ4v) is 9.87. The van der Waals surface area contributed by atoms with E-state index in [1.807, 2.05) is 0 Å². The summed E-state index contributed by atoms with van der Waals surface area (Å²) in [6.07, 6.45) is 90.4. The average molecular weight is 1120 g/mol. The van der Waals surface area contributed by atoms with Gasteiger partial charge in [0.15, 0.2) is 6.10 Å². The molecule has 6 nitrogen and oxygen atoms in total. The number of ether oxygens (including phenoxy) is 3. The molecule has 1 atom stereocenters. The Hall–Kier alpha value is -3.41. The third-order valence-electron chi connectivity index (χ3n) is 15.1. The largest absolute Gasteiger partial charge is 0.462 e. The van der Waals surface area contributed by atoms with E-state index in [1.54, 1.807) is 0 Å². The molecule has 0 amide bonds. The van der Waals surface area contributed by atoms with Crippen LogP contribution < -0.4 is 0 Å². The van der Waals surface area contributed by atoms with E-state index in [9.17, 15) is 14.4 Å². The molecule has 0 aromatic carbocycles. The van der Waals surface area contributed by atoms with Crippen molar-refractivity contribution in [3.63, 3.8) is 0 Å². The summed E-state index contributed by atoms with van der Waals surface area (Å²) in [5.41, 5.74) is 0. The Balaban J connectivity index is 4.21. The van der Waals surface area contributed by atoms with Crippen molar-refractivity contribution in [2.24, 2.45) is 0 Å². The average Bonchev–Trinajstić information content (AvgIpc) is 3.46. The highest BCUT2D eigenvalue weighted by Gasteiger charge is 2.19. The van der Waals surface area contributed by atoms with Crippen molar-refractivity contribution in [1.29, 1.82) is 0 Å². The molecule has 0 aliphatic rings. The summed E-state index contributed by atoms with van der Waals surface area (Å²) in [5.74, 6) is -0.890. The van der Waals surface area contributed by atoms with Gasteiger partial charge in [-0.1, -0.05) is 292 Å². The molecular formula is C74H130O6. The molecule has 0 aliphatic heterocycles. The lowest BCUT2D eigenvalue weighted by Crippen LogP contribution is -2.30. The monoisotopic (exact) mass is 1110 g/mol. The van der Waals surface area contributed by atoms with Crippen LogP contribution in [0.2, 0.25) is 0 Å². The minimum absolute atomic E-state index is 0.0823. The van der Waals surface area contributed by atoms with Crippen molar-refractivity contribution in [3.05, 3.63) is 85.1 Å². The van der Waals surface area contributed by atoms with Gasteiger partial charge in [0.1, 0.15) is 13.2 Å². The maximum absolute atomic E-state index is 12.9. The molecule has 0 saturated carbocycles. The normalized spacial score (nSPS) is 12.6. The summed E-state index contributed by atoms with van der Waals surface area (Å²) in [5, 5.41) is 0. The molecule has 0 radical (unpaired) electrons. The standard InChI is InChI=1S/C74H130O6/c1-4-7-10-13-16-19-22-25-27-29-31-32-33-34-35-36-37-38-39-40-41-42-44-45-47-49-52-55-58-61-64-67-73(76)79-70-71(69-78-72(75)66-63-60-57-54-51-24-21-18-15-12-9-6-3)80-74(77)68-65-62-59-56-53-50-48-46-43-30-28-26-23-20-17-14-11-8-5-2/h17-18,20-22,25-26,28-29,31,33-34,43,46,71H,4-16,19,23-24,27,30,32,35-42,44-45,47-70H2,1-3H3/b20-17-,21-18-,25-22-,28-26-,31-29-,34-33-,46-43-. The third kappa shape index (κ3) is 65.4. The Bertz CT molecular complexity index is 1520. The first-order valence-electron chi connectivity index (χ1n) is 34.6. The minimum atomic E-state index is -0.787. The summed E-state index contributed by atoms with van der Waals surface area (Å²) in [7, 11) is 0. The zero-order valence-electron chi connectivity index (χ0n) is 53.1. The molecule has 0 saturated heterocycles. The van der Waals surface area contributed by atoms with E-state index in [0.717, 1.165) is 103 Å². The van der Waals surface area contributed by atoms with Crippen LogP contribution in [-0.2, 0) is 28.6 Å². The van der Waals surface area contributed by atoms with Gasteiger partial charge in [-0.3, -0.25) is 14.4 Å². The van der Waals surface area contributed by atoms with Crippen LogP contribution in [0.4, 0.5) is 0 Å². The zero-order chi connectivity index (χ0) is 57.8. The van der Waals surface area contributed by atoms with Gasteiger partial charge in [-0.2, -0.15) is 0 Å². The third-order valence-corrected chi connectivity index (χ3v) is 15.1. The van der Waals surface area contributed by atoms with Crippen LogP contribution >= 0.6 is 0 Å². The molecule has 0 aromatic rings. The van der Waals surface area contributed by atoms with Crippen LogP contribution in [0.25, 0.3) is 0 Å². The van der Waals surface area contributed by atoms with Gasteiger partial charge in [-0.05, 0) is 122 Å². The van der Waals surface area contributed by atoms with Gasteiger partial charge < -0.3 is 14.2 Å². The van der Waals surface area contributed by atoms with Crippen LogP contribution in [-0.4, -0.2) is 37.2 Å². The van der Waals surface area contributed by atoms with Gasteiger partial charge in [0, 0.05) is 19.3 Å². The van der Waals surface area contributed by atoms with Gasteiger partial charge in [0.25, 0.3) is 0 Å². The predicted molar refractivity (Wildman–Crippen MR) is 348 cm³/mol. The number of carbonyl (C=O) groups excluding carboxylic acids is 3. The van der Waals surface area contributed by atoms with Crippen molar-refractivity contribution in [2.45, 2.75) is 354 Å². The van der Waals surface area contributed by atoms with Crippen molar-refractivity contribution >= 4 is 17.9 Å². The molecule has 0 heterocycles. The molecule has 0 bridgehead atoms. The fraction of sp³-hybridized carbons (Fsp3) is 0.770. The molecule has 1 unspecified atom stereocenters. The Morgan fingerprint density at radius 2 is 0.450 bits per heavy atom. The molecule has 80 heavy (non-hydrogen) atoms. The molecule has 0 spiro atoms. The van der Waals surface area contributed by atoms with Crippen LogP contribution in [0, 0.1) is 0 Å². The fourth-order valence-electron chi connectivity index (χ4n) is 9.87. The summed E-state index contributed by atoms with van der Waals surface area (Å²) < 4.78 is 16.9. The van der Waals surface area contributed by atoms with E-state index in [-0.39, 0.29) is 31.1 Å². The number of carbonyl (C=O) groups is 3. The SMILES string of the molecule is CCCCC/C=C\C/C=C\C/C=C\CCCCCCCCC(=O)OC(COC(=O)CCCCCCC/C=C\CCCCC)COC(=O)CCCCCCCCCCCCCCCCCC/C=C\C/C=C\C/C=C\CCCCCCC. The molecule has 6 heteroatoms. The number of hydrogen-bond donors (Lipinski definition) is 0. The topological polar surface area (TPSA) is 78.9 Å². The van der Waals surface area contributed by atoms with Crippen molar-refractivity contribution in [2.75, 3.05) is 13.2 Å². The summed E-state index contributed by atoms with van der Waals surface area (Å²) in [6, 6.07) is 0. The lowest BCUT2D eigenvalue weighted by Gasteiger charge is -2.18. The number of allylic oxidation sites excluding steroid dienone is 14. The number of rotatable bonds is 63. The molecule has 0 rings (SSSR count). The van der Waals surface area contributed by atoms with Crippen molar-refractivity contribution in [1.82, 2.24) is 0 Å². The lowest BCUT2D eigenvalue weighted by molar-refractivity contribution is -0.167. The first kappa shape index (κ1) is 76.6. The number of esters is 3. The smallest absolute Gasteiger partial charge is 0.306 e. The van der Waals surface area contributed by atoms with Gasteiger partial charge in [0.05, 0.1) is 0 Å². The minimum Gasteiger partial charge on any atom is -0.462 e. The van der Waals surface area contributed by atoms with Gasteiger partial charge in [0.2, 0.25) is 0 Å². The second-order valence-corrected chi connectivity index (χ2v) is 23.1. The highest BCUT2D eigenvalue weighted by Crippen LogP contribution is 2.17. The molecule has 0 aliphatic carbocycles. The first-order valence-corrected chi connectivity index (χ1v) is 34.6. The maximum Gasteiger partial charge on any atom is 0.306 e. The van der Waals surface area contributed by atoms with Gasteiger partial charge in [-0.25, -0.2) is 0 Å². The van der Waals surface area contributed by atoms with Crippen LogP contribution in [0.15, 0.2) is 85.1 Å². The van der Waals surface area contributed by atoms with E-state index in [2.05, 4.69) is 106 Å². The van der Waals surface area contributed by atoms with Crippen LogP contribution in [0.5, 0.6) is 0 Å². The van der Waals surface area contributed by atoms with E-state index in [1.165, 1.54) is 205 Å². The summed E-state index contributed by atoms with van der Waals surface area (Å²) >= 11 is 0. The second kappa shape index (κ2) is 68.1.